The van der Waals surface area contributed by atoms with Crippen LogP contribution in [-0.2, 0) is 43.0 Å². The fourth-order valence-corrected chi connectivity index (χ4v) is 13.5. The van der Waals surface area contributed by atoms with E-state index in [4.69, 9.17) is 20.5 Å². The van der Waals surface area contributed by atoms with Crippen LogP contribution in [0.3, 0.4) is 0 Å². The number of fused-ring (bicyclic) bond motifs is 2. The number of carbonyl (C=O) groups excluding carboxylic acids is 1. The molecule has 1 atom stereocenters. The highest BCUT2D eigenvalue weighted by atomic mass is 35.5. The number of halogens is 1. The zero-order valence-electron chi connectivity index (χ0n) is 44.8. The average molecular weight is 1170 g/mol. The molecule has 80 heavy (non-hydrogen) atoms. The largest absolute Gasteiger partial charge is 0.481 e. The van der Waals surface area contributed by atoms with E-state index in [1.807, 2.05) is 37.3 Å². The quantitative estimate of drug-likeness (QED) is 0.0345. The van der Waals surface area contributed by atoms with E-state index in [1.165, 1.54) is 16.6 Å². The summed E-state index contributed by atoms with van der Waals surface area (Å²) in [5.41, 5.74) is 6.10. The first-order valence-corrected chi connectivity index (χ1v) is 30.6. The molecule has 1 saturated heterocycles. The standard InChI is InChI=1S/C56H64ClN11O9S3/c1-37(2)79(72,73)50-15-9-7-13-46(50)61-55-45(57)33-59-56(62-55)60-42-19-21-43(22-20-42)67-27-25-66(26-28-67)24-12-6-5-11-23-58-52(69)35-76-49-31-40(30-47-54(49)65(4)64-63-47)44(32-53(70)71)39-18-17-38(3)41(29-39)34-68-36-78-77-48-14-8-10-16-51(48)80(68,74)75/h7-10,13-22,29-31,33,37,44H,5-6,11-12,23-28,32,34-36H2,1-4H3,(H,58,69)(H,70,71)(H2,59,60,61,62). The lowest BCUT2D eigenvalue weighted by atomic mass is 9.86. The molecule has 0 aliphatic carbocycles. The number of nitrogens with zero attached hydrogens (tertiary/aromatic N) is 8. The molecule has 5 aromatic carbocycles. The summed E-state index contributed by atoms with van der Waals surface area (Å²) in [5, 5.41) is 27.6. The summed E-state index contributed by atoms with van der Waals surface area (Å²) in [5.74, 6) is -0.760. The van der Waals surface area contributed by atoms with Crippen LogP contribution in [0.15, 0.2) is 119 Å². The summed E-state index contributed by atoms with van der Waals surface area (Å²) >= 11 is 7.47. The van der Waals surface area contributed by atoms with E-state index in [-0.39, 0.29) is 57.7 Å². The Balaban J connectivity index is 0.713. The Morgan fingerprint density at radius 1 is 0.900 bits per heavy atom. The van der Waals surface area contributed by atoms with Crippen LogP contribution in [0.25, 0.3) is 11.0 Å². The molecule has 2 aliphatic rings. The predicted octanol–water partition coefficient (Wildman–Crippen LogP) is 9.06. The van der Waals surface area contributed by atoms with Crippen LogP contribution >= 0.6 is 23.6 Å². The fraction of sp³-hybridized carbons (Fsp3) is 0.357. The van der Waals surface area contributed by atoms with Crippen molar-refractivity contribution in [2.24, 2.45) is 7.05 Å². The first kappa shape index (κ1) is 57.7. The number of benzene rings is 5. The molecule has 9 rings (SSSR count). The van der Waals surface area contributed by atoms with Gasteiger partial charge in [0.15, 0.2) is 28.0 Å². The van der Waals surface area contributed by atoms with Gasteiger partial charge in [-0.05, 0) is 123 Å². The number of anilines is 5. The van der Waals surface area contributed by atoms with E-state index in [0.29, 0.717) is 51.7 Å². The number of unbranched alkanes of at least 4 members (excludes halogenated alkanes) is 3. The Morgan fingerprint density at radius 3 is 2.42 bits per heavy atom. The molecule has 0 radical (unpaired) electrons. The molecule has 24 heteroatoms. The van der Waals surface area contributed by atoms with Crippen molar-refractivity contribution >= 4 is 95.2 Å². The number of sulfonamides is 1. The number of ether oxygens (including phenoxy) is 1. The van der Waals surface area contributed by atoms with Crippen molar-refractivity contribution in [3.63, 3.8) is 0 Å². The number of sulfone groups is 1. The van der Waals surface area contributed by atoms with Crippen molar-refractivity contribution in [3.8, 4) is 11.5 Å². The van der Waals surface area contributed by atoms with Crippen LogP contribution in [-0.4, -0.2) is 125 Å². The van der Waals surface area contributed by atoms with Crippen molar-refractivity contribution in [1.29, 1.82) is 0 Å². The molecule has 4 heterocycles. The van der Waals surface area contributed by atoms with Crippen molar-refractivity contribution in [2.45, 2.75) is 80.4 Å². The Labute approximate surface area is 475 Å². The van der Waals surface area contributed by atoms with E-state index < -0.39 is 37.0 Å². The molecule has 422 valence electrons. The van der Waals surface area contributed by atoms with Gasteiger partial charge in [-0.3, -0.25) is 14.5 Å². The van der Waals surface area contributed by atoms with Gasteiger partial charge in [-0.1, -0.05) is 72.1 Å². The van der Waals surface area contributed by atoms with Gasteiger partial charge < -0.3 is 34.9 Å². The lowest BCUT2D eigenvalue weighted by Crippen LogP contribution is -2.46. The first-order valence-electron chi connectivity index (χ1n) is 26.3. The molecule has 7 aromatic rings. The molecule has 1 amide bonds. The minimum Gasteiger partial charge on any atom is -0.481 e. The number of hydrogen-bond acceptors (Lipinski definition) is 17. The predicted molar refractivity (Wildman–Crippen MR) is 310 cm³/mol. The normalized spacial score (nSPS) is 15.2. The zero-order chi connectivity index (χ0) is 56.6. The van der Waals surface area contributed by atoms with Gasteiger partial charge in [-0.2, -0.15) is 9.29 Å². The summed E-state index contributed by atoms with van der Waals surface area (Å²) in [7, 11) is -5.75. The first-order chi connectivity index (χ1) is 38.4. The van der Waals surface area contributed by atoms with E-state index in [9.17, 15) is 31.5 Å². The molecular formula is C56H64ClN11O9S3. The smallest absolute Gasteiger partial charge is 0.304 e. The Bertz CT molecular complexity index is 3580. The Hall–Kier alpha value is -7.02. The highest BCUT2D eigenvalue weighted by Crippen LogP contribution is 2.38. The summed E-state index contributed by atoms with van der Waals surface area (Å²) in [4.78, 5) is 39.5. The minimum absolute atomic E-state index is 0.0415. The van der Waals surface area contributed by atoms with Gasteiger partial charge in [0.05, 0.1) is 46.4 Å². The van der Waals surface area contributed by atoms with Crippen LogP contribution in [0, 0.1) is 6.92 Å². The maximum absolute atomic E-state index is 13.8. The van der Waals surface area contributed by atoms with Crippen LogP contribution in [0.5, 0.6) is 11.5 Å². The maximum atomic E-state index is 13.8. The number of aryl methyl sites for hydroxylation is 2. The van der Waals surface area contributed by atoms with Crippen molar-refractivity contribution in [3.05, 3.63) is 137 Å². The molecule has 2 aliphatic heterocycles. The molecule has 1 unspecified atom stereocenters. The second-order valence-corrected chi connectivity index (χ2v) is 25.4. The molecule has 0 bridgehead atoms. The maximum Gasteiger partial charge on any atom is 0.304 e. The lowest BCUT2D eigenvalue weighted by Gasteiger charge is -2.36. The zero-order valence-corrected chi connectivity index (χ0v) is 48.0. The number of nitrogens with one attached hydrogen (secondary N) is 3. The van der Waals surface area contributed by atoms with E-state index in [1.54, 1.807) is 80.2 Å². The number of aliphatic carboxylic acids is 1. The summed E-state index contributed by atoms with van der Waals surface area (Å²) < 4.78 is 68.3. The lowest BCUT2D eigenvalue weighted by molar-refractivity contribution is -0.137. The Morgan fingerprint density at radius 2 is 1.65 bits per heavy atom. The second kappa shape index (κ2) is 25.6. The van der Waals surface area contributed by atoms with Gasteiger partial charge in [-0.25, -0.2) is 26.5 Å². The third kappa shape index (κ3) is 13.8. The number of amides is 1. The number of aromatic nitrogens is 5. The molecular weight excluding hydrogens is 1100 g/mol. The number of rotatable bonds is 23. The number of carboxylic acid groups (broad SMARTS) is 1. The number of para-hydroxylation sites is 2. The molecule has 20 nitrogen and oxygen atoms in total. The number of piperazine rings is 1. The van der Waals surface area contributed by atoms with E-state index in [2.05, 4.69) is 58.2 Å². The van der Waals surface area contributed by atoms with E-state index >= 15 is 0 Å². The van der Waals surface area contributed by atoms with Crippen LogP contribution in [0.2, 0.25) is 5.02 Å². The molecule has 0 spiro atoms. The van der Waals surface area contributed by atoms with Crippen molar-refractivity contribution in [2.75, 3.05) is 67.3 Å². The number of carbonyl (C=O) groups is 2. The fourth-order valence-electron chi connectivity index (χ4n) is 9.64. The monoisotopic (exact) mass is 1170 g/mol. The highest BCUT2D eigenvalue weighted by Gasteiger charge is 2.32. The molecule has 2 aromatic heterocycles. The van der Waals surface area contributed by atoms with Gasteiger partial charge >= 0.3 is 5.97 Å². The third-order valence-electron chi connectivity index (χ3n) is 14.2. The van der Waals surface area contributed by atoms with Crippen LogP contribution < -0.4 is 29.8 Å². The summed E-state index contributed by atoms with van der Waals surface area (Å²) in [6.45, 7) is 10.1. The Kier molecular flexibility index (Phi) is 18.5. The summed E-state index contributed by atoms with van der Waals surface area (Å²) in [6.07, 6.45) is 5.04. The SMILES string of the molecule is Cc1ccc(C(CC(=O)O)c2cc(OCC(=O)NCCCCCCN3CCN(c4ccc(Nc5ncc(Cl)c(Nc6ccccc6S(=O)(=O)C(C)C)n5)cc4)CC3)c3c(c2)nnn3C)cc1CN1CSOc2ccccc2S1(=O)=O. The van der Waals surface area contributed by atoms with Crippen molar-refractivity contribution in [1.82, 2.24) is 39.5 Å². The number of carboxylic acids is 1. The van der Waals surface area contributed by atoms with Crippen LogP contribution in [0.1, 0.15) is 74.1 Å². The number of hydrogen-bond donors (Lipinski definition) is 4. The van der Waals surface area contributed by atoms with Gasteiger partial charge in [0.1, 0.15) is 26.7 Å². The molecule has 4 N–H and O–H groups in total. The average Bonchev–Trinajstić information content (AvgIpc) is 3.81. The molecule has 1 fully saturated rings. The molecule has 0 saturated carbocycles. The third-order valence-corrected chi connectivity index (χ3v) is 19.4. The van der Waals surface area contributed by atoms with Gasteiger partial charge in [0.2, 0.25) is 16.0 Å². The van der Waals surface area contributed by atoms with Crippen LogP contribution in [0.4, 0.5) is 28.8 Å². The van der Waals surface area contributed by atoms with Gasteiger partial charge in [0, 0.05) is 63.6 Å². The van der Waals surface area contributed by atoms with Gasteiger partial charge in [-0.15, -0.1) is 5.10 Å². The topological polar surface area (TPSA) is 243 Å². The van der Waals surface area contributed by atoms with Crippen molar-refractivity contribution < 1.29 is 40.5 Å². The van der Waals surface area contributed by atoms with Gasteiger partial charge in [0.25, 0.3) is 5.91 Å². The van der Waals surface area contributed by atoms with E-state index in [0.717, 1.165) is 87.4 Å². The minimum atomic E-state index is -3.91. The summed E-state index contributed by atoms with van der Waals surface area (Å²) in [6, 6.07) is 30.3. The second-order valence-electron chi connectivity index (χ2n) is 20.0. The highest BCUT2D eigenvalue weighted by molar-refractivity contribution is 7.96.